The summed E-state index contributed by atoms with van der Waals surface area (Å²) < 4.78 is 43.0. The normalized spacial score (nSPS) is 15.2. The summed E-state index contributed by atoms with van der Waals surface area (Å²) in [6, 6.07) is 44.8. The average Bonchev–Trinajstić information content (AvgIpc) is 3.29. The lowest BCUT2D eigenvalue weighted by molar-refractivity contribution is -0.539. The van der Waals surface area contributed by atoms with E-state index in [2.05, 4.69) is 96.0 Å². The van der Waals surface area contributed by atoms with Crippen LogP contribution in [0.1, 0.15) is 0 Å². The van der Waals surface area contributed by atoms with Gasteiger partial charge in [-0.1, -0.05) is 36.4 Å². The lowest BCUT2D eigenvalue weighted by atomic mass is 9.21. The highest BCUT2D eigenvalue weighted by Gasteiger charge is 2.60. The average molecular weight is 813 g/mol. The van der Waals surface area contributed by atoms with Gasteiger partial charge in [-0.3, -0.25) is 0 Å². The Morgan fingerprint density at radius 2 is 0.468 bits per heavy atom. The van der Waals surface area contributed by atoms with Crippen LogP contribution in [0.2, 0.25) is 0 Å². The molecule has 0 bridgehead atoms. The van der Waals surface area contributed by atoms with Crippen molar-refractivity contribution in [2.45, 2.75) is 0 Å². The molecule has 0 unspecified atom stereocenters. The summed E-state index contributed by atoms with van der Waals surface area (Å²) in [5.41, 5.74) is 8.67. The predicted octanol–water partition coefficient (Wildman–Crippen LogP) is 5.74. The minimum atomic E-state index is -1.60. The molecular formula is C50H38B2N4O6. The molecule has 62 heavy (non-hydrogen) atoms. The van der Waals surface area contributed by atoms with Crippen molar-refractivity contribution in [2.75, 3.05) is 38.0 Å². The van der Waals surface area contributed by atoms with Gasteiger partial charge in [-0.15, -0.1) is 0 Å². The molecule has 0 atom stereocenters. The SMILES string of the molecule is CN(C)c1cc[n+]([B-]23c4c5cccc4Oc4cccc(c42)Oc2cccc(c23)O5)cc1.CN(C)c1cc[n+]([B-]23c4c5cccc4Oc4cccc(c42)Oc2cccc(c23)O5)cc1. The molecule has 0 saturated heterocycles. The number of ether oxygens (including phenoxy) is 6. The van der Waals surface area contributed by atoms with Gasteiger partial charge in [0.2, 0.25) is 0 Å². The number of benzene rings is 6. The molecule has 0 fully saturated rings. The third-order valence-electron chi connectivity index (χ3n) is 13.6. The fraction of sp³-hybridized carbons (Fsp3) is 0.0800. The van der Waals surface area contributed by atoms with Gasteiger partial charge in [0.05, 0.1) is 0 Å². The molecule has 14 rings (SSSR count). The third-order valence-corrected chi connectivity index (χ3v) is 13.6. The van der Waals surface area contributed by atoms with Crippen LogP contribution in [0.5, 0.6) is 69.0 Å². The fourth-order valence-corrected chi connectivity index (χ4v) is 11.1. The van der Waals surface area contributed by atoms with E-state index in [1.54, 1.807) is 0 Å². The Morgan fingerprint density at radius 1 is 0.290 bits per heavy atom. The van der Waals surface area contributed by atoms with Crippen LogP contribution in [0.15, 0.2) is 158 Å². The smallest absolute Gasteiger partial charge is 0.381 e. The van der Waals surface area contributed by atoms with Crippen molar-refractivity contribution in [1.29, 1.82) is 0 Å². The van der Waals surface area contributed by atoms with Gasteiger partial charge < -0.3 is 47.2 Å². The van der Waals surface area contributed by atoms with Crippen LogP contribution in [-0.4, -0.2) is 40.8 Å². The number of pyridine rings is 2. The van der Waals surface area contributed by atoms with E-state index in [0.717, 1.165) is 113 Å². The maximum absolute atomic E-state index is 6.39. The minimum absolute atomic E-state index is 0.827. The van der Waals surface area contributed by atoms with Gasteiger partial charge in [0.15, 0.2) is 0 Å². The zero-order chi connectivity index (χ0) is 41.5. The van der Waals surface area contributed by atoms with E-state index in [0.29, 0.717) is 0 Å². The van der Waals surface area contributed by atoms with E-state index in [1.165, 1.54) is 0 Å². The summed E-state index contributed by atoms with van der Waals surface area (Å²) in [4.78, 5) is 4.21. The first-order valence-corrected chi connectivity index (χ1v) is 20.9. The molecule has 12 heteroatoms. The Hall–Kier alpha value is -7.85. The Kier molecular flexibility index (Phi) is 6.97. The molecule has 6 aliphatic heterocycles. The molecule has 0 saturated carbocycles. The van der Waals surface area contributed by atoms with E-state index in [-0.39, 0.29) is 0 Å². The molecule has 0 aliphatic carbocycles. The van der Waals surface area contributed by atoms with E-state index < -0.39 is 12.6 Å². The Labute approximate surface area is 358 Å². The first-order valence-electron chi connectivity index (χ1n) is 20.9. The zero-order valence-corrected chi connectivity index (χ0v) is 34.4. The van der Waals surface area contributed by atoms with E-state index in [4.69, 9.17) is 28.4 Å². The van der Waals surface area contributed by atoms with Crippen LogP contribution in [0.3, 0.4) is 0 Å². The van der Waals surface area contributed by atoms with Crippen LogP contribution >= 0.6 is 0 Å². The number of anilines is 2. The van der Waals surface area contributed by atoms with Gasteiger partial charge in [0, 0.05) is 63.8 Å². The number of nitrogens with zero attached hydrogens (tertiary/aromatic N) is 4. The predicted molar refractivity (Wildman–Crippen MR) is 241 cm³/mol. The third kappa shape index (κ3) is 4.40. The molecule has 8 heterocycles. The summed E-state index contributed by atoms with van der Waals surface area (Å²) in [5.74, 6) is 9.93. The van der Waals surface area contributed by atoms with E-state index in [9.17, 15) is 0 Å². The Bertz CT molecular complexity index is 2630. The van der Waals surface area contributed by atoms with Crippen LogP contribution in [0.25, 0.3) is 0 Å². The van der Waals surface area contributed by atoms with Gasteiger partial charge in [-0.2, -0.15) is 0 Å². The van der Waals surface area contributed by atoms with Gasteiger partial charge in [0.25, 0.3) is 0 Å². The molecule has 2 aromatic heterocycles. The largest absolute Gasteiger partial charge is 0.463 e. The van der Waals surface area contributed by atoms with Gasteiger partial charge in [0.1, 0.15) is 93.8 Å². The number of aromatic nitrogens is 2. The fourth-order valence-electron chi connectivity index (χ4n) is 11.1. The van der Waals surface area contributed by atoms with E-state index >= 15 is 0 Å². The summed E-state index contributed by atoms with van der Waals surface area (Å²) in [7, 11) is 8.21. The van der Waals surface area contributed by atoms with Crippen molar-refractivity contribution in [3.63, 3.8) is 0 Å². The second kappa shape index (κ2) is 12.4. The maximum atomic E-state index is 6.39. The van der Waals surface area contributed by atoms with Crippen molar-refractivity contribution >= 4 is 56.7 Å². The van der Waals surface area contributed by atoms with Crippen molar-refractivity contribution in [3.8, 4) is 69.0 Å². The Balaban J connectivity index is 0.000000126. The summed E-state index contributed by atoms with van der Waals surface area (Å²) in [6.45, 7) is 0. The quantitative estimate of drug-likeness (QED) is 0.209. The lowest BCUT2D eigenvalue weighted by Crippen LogP contribution is -2.87. The molecular weight excluding hydrogens is 774 g/mol. The number of hydrogen-bond donors (Lipinski definition) is 0. The Morgan fingerprint density at radius 3 is 0.629 bits per heavy atom. The zero-order valence-electron chi connectivity index (χ0n) is 34.4. The van der Waals surface area contributed by atoms with Crippen LogP contribution in [-0.2, 0) is 0 Å². The van der Waals surface area contributed by atoms with Gasteiger partial charge in [-0.05, 0) is 106 Å². The summed E-state index contributed by atoms with van der Waals surface area (Å²) in [5, 5.41) is 0. The molecule has 0 radical (unpaired) electrons. The topological polar surface area (TPSA) is 69.6 Å². The lowest BCUT2D eigenvalue weighted by Gasteiger charge is -2.48. The summed E-state index contributed by atoms with van der Waals surface area (Å²) in [6.07, 6.45) is 5.46. The van der Waals surface area contributed by atoms with Crippen LogP contribution < -0.4 is 80.0 Å². The van der Waals surface area contributed by atoms with Gasteiger partial charge in [-0.25, -0.2) is 0 Å². The minimum Gasteiger partial charge on any atom is -0.463 e. The van der Waals surface area contributed by atoms with Crippen LogP contribution in [0.4, 0.5) is 11.4 Å². The highest BCUT2D eigenvalue weighted by atomic mass is 16.5. The van der Waals surface area contributed by atoms with Crippen molar-refractivity contribution in [3.05, 3.63) is 158 Å². The second-order valence-corrected chi connectivity index (χ2v) is 17.1. The van der Waals surface area contributed by atoms with Crippen molar-refractivity contribution in [1.82, 2.24) is 0 Å². The first kappa shape index (κ1) is 35.0. The molecule has 0 N–H and O–H groups in total. The molecule has 300 valence electrons. The number of rotatable bonds is 4. The van der Waals surface area contributed by atoms with Crippen molar-refractivity contribution < 1.29 is 37.4 Å². The highest BCUT2D eigenvalue weighted by Crippen LogP contribution is 2.46. The summed E-state index contributed by atoms with van der Waals surface area (Å²) >= 11 is 0. The first-order chi connectivity index (χ1) is 30.3. The molecule has 0 amide bonds. The molecule has 0 spiro atoms. The van der Waals surface area contributed by atoms with Gasteiger partial charge >= 0.3 is 12.6 Å². The molecule has 6 aromatic carbocycles. The molecule has 10 nitrogen and oxygen atoms in total. The number of hydrogen-bond acceptors (Lipinski definition) is 8. The standard InChI is InChI=1S/2C25H19BN2O3/c2*1-27(2)16-12-14-28(15-13-16)26-23-17-6-3-7-18(23)30-20-9-5-11-22(25(20)26)31-21-10-4-8-19(29-17)24(21)26/h2*3-15H,1-2H3. The highest BCUT2D eigenvalue weighted by molar-refractivity contribution is 7.09. The van der Waals surface area contributed by atoms with E-state index in [1.807, 2.05) is 109 Å². The maximum Gasteiger partial charge on any atom is 0.381 e. The van der Waals surface area contributed by atoms with Crippen molar-refractivity contribution in [2.24, 2.45) is 0 Å². The monoisotopic (exact) mass is 812 g/mol. The van der Waals surface area contributed by atoms with Crippen LogP contribution in [0, 0.1) is 0 Å². The molecule has 6 aliphatic rings. The molecule has 8 aromatic rings. The second-order valence-electron chi connectivity index (χ2n) is 17.1.